The molecule has 0 unspecified atom stereocenters. The molecule has 0 aromatic heterocycles. The molecular formula is C50H56Cl2Ti2-2. The van der Waals surface area contributed by atoms with Crippen molar-refractivity contribution in [2.75, 3.05) is 0 Å². The molecule has 8 rings (SSSR count). The molecule has 8 aromatic rings. The van der Waals surface area contributed by atoms with E-state index in [1.165, 1.54) is 95.2 Å². The molecule has 8 aromatic carbocycles. The van der Waals surface area contributed by atoms with Crippen LogP contribution in [0.1, 0.15) is 72.2 Å². The third-order valence-corrected chi connectivity index (χ3v) is 9.31. The van der Waals surface area contributed by atoms with Crippen molar-refractivity contribution in [2.24, 2.45) is 0 Å². The summed E-state index contributed by atoms with van der Waals surface area (Å²) in [7, 11) is 0. The third-order valence-electron chi connectivity index (χ3n) is 9.31. The van der Waals surface area contributed by atoms with Crippen LogP contribution in [0.5, 0.6) is 0 Å². The number of fused-ring (bicyclic) bond motifs is 4. The number of benzene rings is 4. The molecule has 4 heteroatoms. The van der Waals surface area contributed by atoms with E-state index < -0.39 is 0 Å². The van der Waals surface area contributed by atoms with Gasteiger partial charge < -0.3 is 24.8 Å². The van der Waals surface area contributed by atoms with Crippen molar-refractivity contribution in [3.63, 3.8) is 0 Å². The zero-order valence-electron chi connectivity index (χ0n) is 34.3. The average Bonchev–Trinajstić information content (AvgIpc) is 3.77. The van der Waals surface area contributed by atoms with Gasteiger partial charge in [-0.25, -0.2) is 0 Å². The van der Waals surface area contributed by atoms with E-state index in [4.69, 9.17) is 0 Å². The van der Waals surface area contributed by atoms with Gasteiger partial charge in [0.15, 0.2) is 0 Å². The van der Waals surface area contributed by atoms with E-state index >= 15 is 0 Å². The van der Waals surface area contributed by atoms with Crippen LogP contribution in [0.4, 0.5) is 0 Å². The molecule has 0 fully saturated rings. The van der Waals surface area contributed by atoms with Gasteiger partial charge in [0.1, 0.15) is 0 Å². The zero-order valence-corrected chi connectivity index (χ0v) is 38.9. The Morgan fingerprint density at radius 3 is 0.630 bits per heavy atom. The minimum Gasteiger partial charge on any atom is -1.00 e. The molecule has 0 nitrogen and oxygen atoms in total. The van der Waals surface area contributed by atoms with E-state index in [0.29, 0.717) is 0 Å². The maximum absolute atomic E-state index is 2.24. The Balaban J connectivity index is 0.000000334. The van der Waals surface area contributed by atoms with Crippen LogP contribution in [-0.2, 0) is 39.9 Å². The van der Waals surface area contributed by atoms with E-state index in [9.17, 15) is 0 Å². The SMILES string of the molecule is C[C](C)=[Ti+2].C[C](C)=[Ti+2].Cc1[cH-]c2ccccc2c1C.Cc1[cH-]c2ccccc2c1C.Cc1[cH-]c2ccccc2c1C.Cc1[cH-]c2ccccc2c1C.[Cl-].[Cl-]. The first-order valence-corrected chi connectivity index (χ1v) is 19.7. The van der Waals surface area contributed by atoms with Crippen LogP contribution >= 0.6 is 0 Å². The molecular weight excluding hydrogens is 767 g/mol. The molecule has 0 N–H and O–H groups in total. The van der Waals surface area contributed by atoms with E-state index in [0.717, 1.165) is 0 Å². The first-order valence-electron chi connectivity index (χ1n) is 18.1. The molecule has 0 atom stereocenters. The van der Waals surface area contributed by atoms with Crippen LogP contribution in [0.2, 0.25) is 0 Å². The minimum atomic E-state index is 0. The number of halogens is 2. The topological polar surface area (TPSA) is 0 Å². The molecule has 0 aliphatic heterocycles. The largest absolute Gasteiger partial charge is 1.00 e. The van der Waals surface area contributed by atoms with Gasteiger partial charge >= 0.3 is 75.3 Å². The average molecular weight is 824 g/mol. The van der Waals surface area contributed by atoms with Crippen molar-refractivity contribution in [2.45, 2.75) is 83.1 Å². The monoisotopic (exact) mass is 822 g/mol. The summed E-state index contributed by atoms with van der Waals surface area (Å²) >= 11 is 4.17. The van der Waals surface area contributed by atoms with Crippen molar-refractivity contribution in [3.8, 4) is 0 Å². The van der Waals surface area contributed by atoms with Gasteiger partial charge in [0, 0.05) is 0 Å². The van der Waals surface area contributed by atoms with Crippen LogP contribution in [-0.4, -0.2) is 7.62 Å². The van der Waals surface area contributed by atoms with Gasteiger partial charge in [0.05, 0.1) is 0 Å². The van der Waals surface area contributed by atoms with Crippen LogP contribution < -0.4 is 24.8 Å². The Morgan fingerprint density at radius 1 is 0.333 bits per heavy atom. The molecule has 0 spiro atoms. The summed E-state index contributed by atoms with van der Waals surface area (Å²) in [4.78, 5) is 0. The first-order chi connectivity index (χ1) is 24.6. The molecule has 0 radical (unpaired) electrons. The van der Waals surface area contributed by atoms with Gasteiger partial charge in [-0.2, -0.15) is 22.3 Å². The molecule has 0 heterocycles. The number of hydrogen-bond donors (Lipinski definition) is 0. The fourth-order valence-corrected chi connectivity index (χ4v) is 6.07. The normalized spacial score (nSPS) is 9.78. The molecule has 0 bridgehead atoms. The van der Waals surface area contributed by atoms with Crippen molar-refractivity contribution in [3.05, 3.63) is 166 Å². The summed E-state index contributed by atoms with van der Waals surface area (Å²) in [6.07, 6.45) is 0. The number of aryl methyl sites for hydroxylation is 8. The smallest absolute Gasteiger partial charge is 0.0576 e. The fourth-order valence-electron chi connectivity index (χ4n) is 6.07. The maximum atomic E-state index is 2.24. The predicted octanol–water partition coefficient (Wildman–Crippen LogP) is 8.20. The van der Waals surface area contributed by atoms with E-state index in [1.54, 1.807) is 0 Å². The molecule has 0 aliphatic carbocycles. The number of rotatable bonds is 0. The second kappa shape index (κ2) is 23.9. The molecule has 0 aliphatic rings. The van der Waals surface area contributed by atoms with E-state index in [-0.39, 0.29) is 24.8 Å². The maximum Gasteiger partial charge on any atom is -0.0576 e. The Hall–Kier alpha value is -2.93. The second-order valence-electron chi connectivity index (χ2n) is 14.2. The molecule has 54 heavy (non-hydrogen) atoms. The summed E-state index contributed by atoms with van der Waals surface area (Å²) in [6.45, 7) is 25.7. The molecule has 0 amide bonds. The van der Waals surface area contributed by atoms with Crippen LogP contribution in [0.3, 0.4) is 0 Å². The minimum absolute atomic E-state index is 0. The van der Waals surface area contributed by atoms with Crippen LogP contribution in [0.15, 0.2) is 121 Å². The summed E-state index contributed by atoms with van der Waals surface area (Å²) in [6, 6.07) is 43.0. The van der Waals surface area contributed by atoms with E-state index in [2.05, 4.69) is 244 Å². The van der Waals surface area contributed by atoms with Crippen molar-refractivity contribution >= 4 is 50.7 Å². The van der Waals surface area contributed by atoms with Gasteiger partial charge in [0.2, 0.25) is 0 Å². The quantitative estimate of drug-likeness (QED) is 0.107. The van der Waals surface area contributed by atoms with Crippen molar-refractivity contribution in [1.82, 2.24) is 0 Å². The van der Waals surface area contributed by atoms with Gasteiger partial charge in [-0.15, -0.1) is 162 Å². The van der Waals surface area contributed by atoms with Crippen LogP contribution in [0.25, 0.3) is 43.1 Å². The van der Waals surface area contributed by atoms with Gasteiger partial charge in [-0.3, -0.25) is 0 Å². The Labute approximate surface area is 361 Å². The Kier molecular flexibility index (Phi) is 21.7. The summed E-state index contributed by atoms with van der Waals surface area (Å²) < 4.78 is 2.83. The number of hydrogen-bond acceptors (Lipinski definition) is 0. The molecule has 280 valence electrons. The van der Waals surface area contributed by atoms with Crippen LogP contribution in [0, 0.1) is 55.4 Å². The zero-order chi connectivity index (χ0) is 38.5. The van der Waals surface area contributed by atoms with Gasteiger partial charge in [0.25, 0.3) is 0 Å². The van der Waals surface area contributed by atoms with Gasteiger partial charge in [-0.1, -0.05) is 79.7 Å². The van der Waals surface area contributed by atoms with Gasteiger partial charge in [-0.05, 0) is 0 Å². The summed E-state index contributed by atoms with van der Waals surface area (Å²) in [5.41, 5.74) is 11.2. The summed E-state index contributed by atoms with van der Waals surface area (Å²) in [5, 5.41) is 11.0. The molecule has 0 saturated heterocycles. The third kappa shape index (κ3) is 14.3. The first kappa shape index (κ1) is 49.1. The predicted molar refractivity (Wildman–Crippen MR) is 229 cm³/mol. The fraction of sp³-hybridized carbons (Fsp3) is 0.240. The summed E-state index contributed by atoms with van der Waals surface area (Å²) in [5.74, 6) is 0. The second-order valence-corrected chi connectivity index (χ2v) is 17.3. The molecule has 0 saturated carbocycles. The Bertz CT molecular complexity index is 2040. The van der Waals surface area contributed by atoms with Crippen molar-refractivity contribution < 1.29 is 64.8 Å². The standard InChI is InChI=1S/4C11H11.2C3H6.2ClH.2Ti/c4*1-8-7-10-5-3-4-6-11(10)9(8)2;2*1-3-2;;;;/h4*3-7H,1-2H3;2*1-2H3;2*1H;;/q4*-1;;;;;2*+2/p-2. The van der Waals surface area contributed by atoms with Crippen molar-refractivity contribution in [1.29, 1.82) is 0 Å². The Morgan fingerprint density at radius 2 is 0.481 bits per heavy atom. The van der Waals surface area contributed by atoms with E-state index in [1.807, 2.05) is 0 Å².